The van der Waals surface area contributed by atoms with E-state index in [0.29, 0.717) is 17.1 Å². The van der Waals surface area contributed by atoms with Crippen molar-refractivity contribution < 1.29 is 14.3 Å². The third-order valence-corrected chi connectivity index (χ3v) is 4.47. The zero-order valence-electron chi connectivity index (χ0n) is 12.9. The minimum atomic E-state index is 0.0178. The first-order chi connectivity index (χ1) is 11.3. The van der Waals surface area contributed by atoms with Gasteiger partial charge in [-0.1, -0.05) is 6.07 Å². The number of nitrogens with zero attached hydrogens (tertiary/aromatic N) is 3. The van der Waals surface area contributed by atoms with Crippen LogP contribution in [0.15, 0.2) is 36.7 Å². The maximum Gasteiger partial charge on any atom is 0.258 e. The second-order valence-corrected chi connectivity index (χ2v) is 5.92. The Bertz CT molecular complexity index is 699. The zero-order chi connectivity index (χ0) is 15.6. The molecule has 0 saturated carbocycles. The van der Waals surface area contributed by atoms with E-state index in [4.69, 9.17) is 9.47 Å². The molecular formula is C17H19N3O3. The van der Waals surface area contributed by atoms with Crippen LogP contribution in [0.1, 0.15) is 29.6 Å². The molecule has 0 aliphatic carbocycles. The van der Waals surface area contributed by atoms with Crippen molar-refractivity contribution in [3.8, 4) is 11.5 Å². The lowest BCUT2D eigenvalue weighted by atomic mass is 10.0. The number of fused-ring (bicyclic) bond motifs is 1. The molecule has 2 aromatic rings. The van der Waals surface area contributed by atoms with Crippen LogP contribution in [-0.2, 0) is 6.54 Å². The van der Waals surface area contributed by atoms with Crippen LogP contribution in [-0.4, -0.2) is 40.0 Å². The third-order valence-electron chi connectivity index (χ3n) is 4.47. The van der Waals surface area contributed by atoms with Crippen molar-refractivity contribution in [2.24, 2.45) is 0 Å². The number of carbonyl (C=O) groups excluding carboxylic acids is 1. The molecule has 1 amide bonds. The molecule has 120 valence electrons. The summed E-state index contributed by atoms with van der Waals surface area (Å²) < 4.78 is 12.8. The third kappa shape index (κ3) is 2.65. The van der Waals surface area contributed by atoms with Crippen molar-refractivity contribution >= 4 is 5.91 Å². The van der Waals surface area contributed by atoms with Gasteiger partial charge >= 0.3 is 0 Å². The Morgan fingerprint density at radius 3 is 3.09 bits per heavy atom. The smallest absolute Gasteiger partial charge is 0.258 e. The highest BCUT2D eigenvalue weighted by Crippen LogP contribution is 2.36. The quantitative estimate of drug-likeness (QED) is 0.872. The van der Waals surface area contributed by atoms with Crippen LogP contribution >= 0.6 is 0 Å². The number of rotatable bonds is 3. The van der Waals surface area contributed by atoms with Crippen LogP contribution in [0.3, 0.4) is 0 Å². The molecular weight excluding hydrogens is 294 g/mol. The van der Waals surface area contributed by atoms with E-state index in [9.17, 15) is 4.79 Å². The van der Waals surface area contributed by atoms with Gasteiger partial charge in [-0.15, -0.1) is 0 Å². The van der Waals surface area contributed by atoms with E-state index in [2.05, 4.69) is 5.10 Å². The molecule has 6 heteroatoms. The fourth-order valence-corrected chi connectivity index (χ4v) is 3.34. The van der Waals surface area contributed by atoms with Gasteiger partial charge in [0.05, 0.1) is 18.2 Å². The van der Waals surface area contributed by atoms with Crippen LogP contribution < -0.4 is 9.47 Å². The molecule has 0 bridgehead atoms. The first-order valence-corrected chi connectivity index (χ1v) is 8.00. The molecule has 0 radical (unpaired) electrons. The average molecular weight is 313 g/mol. The van der Waals surface area contributed by atoms with Gasteiger partial charge < -0.3 is 14.4 Å². The monoisotopic (exact) mass is 313 g/mol. The fourth-order valence-electron chi connectivity index (χ4n) is 3.34. The largest absolute Gasteiger partial charge is 0.454 e. The Morgan fingerprint density at radius 1 is 1.26 bits per heavy atom. The standard InChI is InChI=1S/C17H19N3O3/c21-17(14-6-3-7-15-16(14)23-12-22-15)20-10-2-1-5-13(20)11-19-9-4-8-18-19/h3-4,6-9,13H,1-2,5,10-12H2. The normalized spacial score (nSPS) is 19.8. The molecule has 1 aromatic carbocycles. The Hall–Kier alpha value is -2.50. The van der Waals surface area contributed by atoms with E-state index < -0.39 is 0 Å². The Labute approximate surface area is 134 Å². The van der Waals surface area contributed by atoms with Crippen LogP contribution in [0.5, 0.6) is 11.5 Å². The number of ether oxygens (including phenoxy) is 2. The van der Waals surface area contributed by atoms with Gasteiger partial charge in [0, 0.05) is 18.9 Å². The number of aromatic nitrogens is 2. The number of para-hydroxylation sites is 1. The summed E-state index contributed by atoms with van der Waals surface area (Å²) in [5, 5.41) is 4.27. The average Bonchev–Trinajstić information content (AvgIpc) is 3.25. The Balaban J connectivity index is 1.59. The molecule has 4 rings (SSSR count). The van der Waals surface area contributed by atoms with E-state index in [1.807, 2.05) is 40.0 Å². The highest BCUT2D eigenvalue weighted by Gasteiger charge is 2.31. The predicted molar refractivity (Wildman–Crippen MR) is 83.5 cm³/mol. The van der Waals surface area contributed by atoms with E-state index in [1.54, 1.807) is 6.20 Å². The summed E-state index contributed by atoms with van der Waals surface area (Å²) in [6.07, 6.45) is 6.88. The predicted octanol–water partition coefficient (Wildman–Crippen LogP) is 2.31. The number of amides is 1. The summed E-state index contributed by atoms with van der Waals surface area (Å²) in [5.41, 5.74) is 0.590. The fraction of sp³-hybridized carbons (Fsp3) is 0.412. The zero-order valence-corrected chi connectivity index (χ0v) is 12.9. The lowest BCUT2D eigenvalue weighted by molar-refractivity contribution is 0.0579. The highest BCUT2D eigenvalue weighted by molar-refractivity contribution is 5.98. The van der Waals surface area contributed by atoms with Crippen molar-refractivity contribution in [3.63, 3.8) is 0 Å². The summed E-state index contributed by atoms with van der Waals surface area (Å²) >= 11 is 0. The van der Waals surface area contributed by atoms with E-state index in [0.717, 1.165) is 32.4 Å². The second kappa shape index (κ2) is 5.95. The molecule has 6 nitrogen and oxygen atoms in total. The number of carbonyl (C=O) groups is 1. The van der Waals surface area contributed by atoms with E-state index >= 15 is 0 Å². The van der Waals surface area contributed by atoms with Crippen molar-refractivity contribution in [3.05, 3.63) is 42.2 Å². The molecule has 1 fully saturated rings. The minimum absolute atomic E-state index is 0.0178. The minimum Gasteiger partial charge on any atom is -0.454 e. The summed E-state index contributed by atoms with van der Waals surface area (Å²) in [6.45, 7) is 1.68. The van der Waals surface area contributed by atoms with Crippen LogP contribution in [0.25, 0.3) is 0 Å². The lowest BCUT2D eigenvalue weighted by Gasteiger charge is -2.36. The van der Waals surface area contributed by atoms with Gasteiger partial charge in [0.25, 0.3) is 5.91 Å². The Morgan fingerprint density at radius 2 is 2.22 bits per heavy atom. The van der Waals surface area contributed by atoms with Gasteiger partial charge in [0.1, 0.15) is 0 Å². The first kappa shape index (κ1) is 14.1. The number of likely N-dealkylation sites (tertiary alicyclic amines) is 1. The molecule has 0 spiro atoms. The summed E-state index contributed by atoms with van der Waals surface area (Å²) in [6, 6.07) is 7.55. The van der Waals surface area contributed by atoms with Crippen molar-refractivity contribution in [1.29, 1.82) is 0 Å². The van der Waals surface area contributed by atoms with Crippen LogP contribution in [0.4, 0.5) is 0 Å². The lowest BCUT2D eigenvalue weighted by Crippen LogP contribution is -2.46. The van der Waals surface area contributed by atoms with Crippen molar-refractivity contribution in [2.45, 2.75) is 31.8 Å². The van der Waals surface area contributed by atoms with Gasteiger partial charge in [-0.05, 0) is 37.5 Å². The summed E-state index contributed by atoms with van der Waals surface area (Å²) in [4.78, 5) is 15.0. The van der Waals surface area contributed by atoms with E-state index in [1.165, 1.54) is 0 Å². The SMILES string of the molecule is O=C(c1cccc2c1OCO2)N1CCCCC1Cn1cccn1. The van der Waals surface area contributed by atoms with Crippen molar-refractivity contribution in [2.75, 3.05) is 13.3 Å². The number of hydrogen-bond acceptors (Lipinski definition) is 4. The van der Waals surface area contributed by atoms with Gasteiger partial charge in [-0.3, -0.25) is 9.48 Å². The molecule has 1 unspecified atom stereocenters. The second-order valence-electron chi connectivity index (χ2n) is 5.92. The van der Waals surface area contributed by atoms with Gasteiger partial charge in [-0.2, -0.15) is 5.10 Å². The van der Waals surface area contributed by atoms with Gasteiger partial charge in [-0.25, -0.2) is 0 Å². The maximum absolute atomic E-state index is 13.1. The summed E-state index contributed by atoms with van der Waals surface area (Å²) in [7, 11) is 0. The van der Waals surface area contributed by atoms with Gasteiger partial charge in [0.15, 0.2) is 11.5 Å². The molecule has 1 atom stereocenters. The molecule has 3 heterocycles. The van der Waals surface area contributed by atoms with Crippen LogP contribution in [0, 0.1) is 0 Å². The Kier molecular flexibility index (Phi) is 3.65. The van der Waals surface area contributed by atoms with Crippen molar-refractivity contribution in [1.82, 2.24) is 14.7 Å². The number of hydrogen-bond donors (Lipinski definition) is 0. The number of benzene rings is 1. The summed E-state index contributed by atoms with van der Waals surface area (Å²) in [5.74, 6) is 1.24. The first-order valence-electron chi connectivity index (χ1n) is 8.00. The van der Waals surface area contributed by atoms with Gasteiger partial charge in [0.2, 0.25) is 6.79 Å². The molecule has 1 saturated heterocycles. The molecule has 0 N–H and O–H groups in total. The molecule has 23 heavy (non-hydrogen) atoms. The molecule has 1 aromatic heterocycles. The topological polar surface area (TPSA) is 56.6 Å². The maximum atomic E-state index is 13.1. The van der Waals surface area contributed by atoms with Crippen LogP contribution in [0.2, 0.25) is 0 Å². The number of piperidine rings is 1. The molecule has 2 aliphatic rings. The highest BCUT2D eigenvalue weighted by atomic mass is 16.7. The van der Waals surface area contributed by atoms with E-state index in [-0.39, 0.29) is 18.7 Å². The molecule has 2 aliphatic heterocycles.